The molecule has 1 aromatic rings. The van der Waals surface area contributed by atoms with Crippen molar-refractivity contribution < 1.29 is 0 Å². The van der Waals surface area contributed by atoms with Gasteiger partial charge in [0, 0.05) is 6.07 Å². The Bertz CT molecular complexity index is 303. The number of halogens is 1. The van der Waals surface area contributed by atoms with Crippen LogP contribution in [0.2, 0.25) is 5.15 Å². The van der Waals surface area contributed by atoms with E-state index in [9.17, 15) is 4.79 Å². The van der Waals surface area contributed by atoms with Crippen LogP contribution >= 0.6 is 11.6 Å². The van der Waals surface area contributed by atoms with Crippen LogP contribution in [0.15, 0.2) is 16.9 Å². The van der Waals surface area contributed by atoms with Gasteiger partial charge in [-0.1, -0.05) is 25.4 Å². The molecule has 0 saturated carbocycles. The first-order valence-electron chi connectivity index (χ1n) is 3.49. The van der Waals surface area contributed by atoms with Gasteiger partial charge in [-0.3, -0.25) is 4.79 Å². The van der Waals surface area contributed by atoms with Gasteiger partial charge in [-0.25, -0.2) is 0 Å². The molecule has 0 aromatic carbocycles. The van der Waals surface area contributed by atoms with Gasteiger partial charge in [0.2, 0.25) is 5.56 Å². The smallest absolute Gasteiger partial charge is 0.249 e. The predicted octanol–water partition coefficient (Wildman–Crippen LogP) is 2.15. The summed E-state index contributed by atoms with van der Waals surface area (Å²) in [6.07, 6.45) is 0. The van der Waals surface area contributed by atoms with Crippen LogP contribution in [0.5, 0.6) is 0 Å². The van der Waals surface area contributed by atoms with Gasteiger partial charge >= 0.3 is 0 Å². The second-order valence-electron chi connectivity index (χ2n) is 2.78. The van der Waals surface area contributed by atoms with Crippen molar-refractivity contribution in [2.45, 2.75) is 19.8 Å². The highest BCUT2D eigenvalue weighted by Crippen LogP contribution is 2.14. The highest BCUT2D eigenvalue weighted by Gasteiger charge is 2.00. The summed E-state index contributed by atoms with van der Waals surface area (Å²) in [4.78, 5) is 13.4. The fraction of sp³-hybridized carbons (Fsp3) is 0.375. The third kappa shape index (κ3) is 2.09. The van der Waals surface area contributed by atoms with Gasteiger partial charge in [-0.2, -0.15) is 0 Å². The summed E-state index contributed by atoms with van der Waals surface area (Å²) in [5.74, 6) is 0.342. The van der Waals surface area contributed by atoms with E-state index in [2.05, 4.69) is 4.98 Å². The lowest BCUT2D eigenvalue weighted by Crippen LogP contribution is -2.06. The van der Waals surface area contributed by atoms with Crippen LogP contribution in [0, 0.1) is 0 Å². The maximum Gasteiger partial charge on any atom is 0.249 e. The first-order valence-corrected chi connectivity index (χ1v) is 3.87. The van der Waals surface area contributed by atoms with Crippen molar-refractivity contribution >= 4 is 11.6 Å². The number of rotatable bonds is 1. The standard InChI is InChI=1S/C8H10ClNO/c1-5(2)6-3-7(9)10-8(11)4-6/h3-5H,1-2H3,(H,10,11). The van der Waals surface area contributed by atoms with Crippen molar-refractivity contribution in [1.82, 2.24) is 4.98 Å². The lowest BCUT2D eigenvalue weighted by atomic mass is 10.1. The normalized spacial score (nSPS) is 10.5. The molecule has 0 aliphatic carbocycles. The number of pyridine rings is 1. The zero-order chi connectivity index (χ0) is 8.43. The number of aromatic nitrogens is 1. The molecule has 11 heavy (non-hydrogen) atoms. The van der Waals surface area contributed by atoms with Gasteiger partial charge in [-0.05, 0) is 17.5 Å². The average Bonchev–Trinajstić information content (AvgIpc) is 1.85. The average molecular weight is 172 g/mol. The van der Waals surface area contributed by atoms with E-state index in [1.165, 1.54) is 0 Å². The lowest BCUT2D eigenvalue weighted by Gasteiger charge is -2.03. The molecule has 1 rings (SSSR count). The second kappa shape index (κ2) is 3.09. The zero-order valence-corrected chi connectivity index (χ0v) is 7.27. The van der Waals surface area contributed by atoms with Crippen LogP contribution in [0.4, 0.5) is 0 Å². The Kier molecular flexibility index (Phi) is 2.35. The number of hydrogen-bond donors (Lipinski definition) is 1. The highest BCUT2D eigenvalue weighted by molar-refractivity contribution is 6.29. The Morgan fingerprint density at radius 3 is 2.55 bits per heavy atom. The Labute approximate surface area is 70.2 Å². The van der Waals surface area contributed by atoms with Crippen LogP contribution in [-0.2, 0) is 0 Å². The van der Waals surface area contributed by atoms with Crippen molar-refractivity contribution in [2.75, 3.05) is 0 Å². The maximum absolute atomic E-state index is 10.9. The van der Waals surface area contributed by atoms with E-state index in [1.807, 2.05) is 13.8 Å². The van der Waals surface area contributed by atoms with E-state index in [4.69, 9.17) is 11.6 Å². The molecule has 0 unspecified atom stereocenters. The molecule has 0 atom stereocenters. The molecule has 0 aliphatic rings. The number of hydrogen-bond acceptors (Lipinski definition) is 1. The topological polar surface area (TPSA) is 32.9 Å². The molecule has 0 bridgehead atoms. The van der Waals surface area contributed by atoms with Gasteiger partial charge < -0.3 is 4.98 Å². The minimum absolute atomic E-state index is 0.138. The molecule has 1 N–H and O–H groups in total. The van der Waals surface area contributed by atoms with Crippen LogP contribution in [0.3, 0.4) is 0 Å². The SMILES string of the molecule is CC(C)c1cc(Cl)[nH]c(=O)c1. The quantitative estimate of drug-likeness (QED) is 0.646. The molecular weight excluding hydrogens is 162 g/mol. The Morgan fingerprint density at radius 1 is 1.45 bits per heavy atom. The molecule has 2 nitrogen and oxygen atoms in total. The first-order chi connectivity index (χ1) is 5.09. The molecule has 0 spiro atoms. The second-order valence-corrected chi connectivity index (χ2v) is 3.19. The molecule has 60 valence electrons. The molecule has 0 radical (unpaired) electrons. The molecule has 0 aliphatic heterocycles. The zero-order valence-electron chi connectivity index (χ0n) is 6.52. The summed E-state index contributed by atoms with van der Waals surface area (Å²) in [5, 5.41) is 0.404. The molecule has 0 saturated heterocycles. The minimum Gasteiger partial charge on any atom is -0.313 e. The summed E-state index contributed by atoms with van der Waals surface area (Å²) >= 11 is 5.64. The number of H-pyrrole nitrogens is 1. The molecule has 0 amide bonds. The summed E-state index contributed by atoms with van der Waals surface area (Å²) in [7, 11) is 0. The fourth-order valence-corrected chi connectivity index (χ4v) is 1.08. The van der Waals surface area contributed by atoms with Crippen molar-refractivity contribution in [1.29, 1.82) is 0 Å². The van der Waals surface area contributed by atoms with Gasteiger partial charge in [-0.15, -0.1) is 0 Å². The van der Waals surface area contributed by atoms with Gasteiger partial charge in [0.25, 0.3) is 0 Å². The summed E-state index contributed by atoms with van der Waals surface area (Å²) < 4.78 is 0. The maximum atomic E-state index is 10.9. The molecule has 1 heterocycles. The third-order valence-electron chi connectivity index (χ3n) is 1.50. The lowest BCUT2D eigenvalue weighted by molar-refractivity contribution is 0.860. The number of aromatic amines is 1. The monoisotopic (exact) mass is 171 g/mol. The van der Waals surface area contributed by atoms with E-state index in [1.54, 1.807) is 12.1 Å². The van der Waals surface area contributed by atoms with Crippen molar-refractivity contribution in [3.63, 3.8) is 0 Å². The highest BCUT2D eigenvalue weighted by atomic mass is 35.5. The van der Waals surface area contributed by atoms with Crippen LogP contribution < -0.4 is 5.56 Å². The third-order valence-corrected chi connectivity index (χ3v) is 1.70. The molecule has 1 aromatic heterocycles. The molecule has 0 fully saturated rings. The van der Waals surface area contributed by atoms with Crippen LogP contribution in [0.1, 0.15) is 25.3 Å². The Hall–Kier alpha value is -0.760. The molecular formula is C8H10ClNO. The van der Waals surface area contributed by atoms with Crippen molar-refractivity contribution in [3.05, 3.63) is 33.2 Å². The van der Waals surface area contributed by atoms with E-state index in [0.717, 1.165) is 5.56 Å². The molecule has 3 heteroatoms. The van der Waals surface area contributed by atoms with E-state index in [0.29, 0.717) is 11.1 Å². The van der Waals surface area contributed by atoms with E-state index < -0.39 is 0 Å². The summed E-state index contributed by atoms with van der Waals surface area (Å²) in [6.45, 7) is 4.04. The first kappa shape index (κ1) is 8.34. The summed E-state index contributed by atoms with van der Waals surface area (Å²) in [5.41, 5.74) is 0.833. The minimum atomic E-state index is -0.138. The van der Waals surface area contributed by atoms with Crippen LogP contribution in [-0.4, -0.2) is 4.98 Å². The van der Waals surface area contributed by atoms with Crippen LogP contribution in [0.25, 0.3) is 0 Å². The van der Waals surface area contributed by atoms with E-state index >= 15 is 0 Å². The Morgan fingerprint density at radius 2 is 2.09 bits per heavy atom. The fourth-order valence-electron chi connectivity index (χ4n) is 0.863. The van der Waals surface area contributed by atoms with Crippen molar-refractivity contribution in [3.8, 4) is 0 Å². The predicted molar refractivity (Wildman–Crippen MR) is 46.2 cm³/mol. The van der Waals surface area contributed by atoms with Gasteiger partial charge in [0.15, 0.2) is 0 Å². The van der Waals surface area contributed by atoms with E-state index in [-0.39, 0.29) is 5.56 Å². The Balaban J connectivity index is 3.19. The summed E-state index contributed by atoms with van der Waals surface area (Å²) in [6, 6.07) is 3.34. The van der Waals surface area contributed by atoms with Gasteiger partial charge in [0.05, 0.1) is 0 Å². The van der Waals surface area contributed by atoms with Crippen molar-refractivity contribution in [2.24, 2.45) is 0 Å². The number of nitrogens with one attached hydrogen (secondary N) is 1. The largest absolute Gasteiger partial charge is 0.313 e. The van der Waals surface area contributed by atoms with Gasteiger partial charge in [0.1, 0.15) is 5.15 Å².